The molecule has 8 heteroatoms. The summed E-state index contributed by atoms with van der Waals surface area (Å²) in [6.45, 7) is 3.23. The van der Waals surface area contributed by atoms with Gasteiger partial charge in [-0.2, -0.15) is 22.0 Å². The first-order valence-corrected chi connectivity index (χ1v) is 9.88. The summed E-state index contributed by atoms with van der Waals surface area (Å²) in [7, 11) is 0. The molecule has 4 saturated carbocycles. The highest BCUT2D eigenvalue weighted by atomic mass is 19.4. The Balaban J connectivity index is 1.48. The fourth-order valence-corrected chi connectivity index (χ4v) is 8.07. The lowest BCUT2D eigenvalue weighted by atomic mass is 9.59. The molecule has 1 aliphatic heterocycles. The second-order valence-electron chi connectivity index (χ2n) is 9.87. The predicted molar refractivity (Wildman–Crippen MR) is 83.5 cm³/mol. The second kappa shape index (κ2) is 4.98. The van der Waals surface area contributed by atoms with Gasteiger partial charge in [0.1, 0.15) is 0 Å². The number of hydrogen-bond donors (Lipinski definition) is 2. The lowest BCUT2D eigenvalue weighted by Crippen LogP contribution is -2.66. The van der Waals surface area contributed by atoms with Crippen LogP contribution in [-0.4, -0.2) is 40.3 Å². The van der Waals surface area contributed by atoms with Gasteiger partial charge in [-0.05, 0) is 72.5 Å². The summed E-state index contributed by atoms with van der Waals surface area (Å²) in [4.78, 5) is 0. The Bertz CT molecular complexity index is 668. The maximum atomic E-state index is 14.8. The molecule has 5 aliphatic rings. The molecule has 0 spiro atoms. The summed E-state index contributed by atoms with van der Waals surface area (Å²) < 4.78 is 73.2. The molecule has 154 valence electrons. The molecule has 5 fully saturated rings. The van der Waals surface area contributed by atoms with Gasteiger partial charge in [0, 0.05) is 0 Å². The van der Waals surface area contributed by atoms with E-state index in [1.807, 2.05) is 0 Å². The molecule has 0 aromatic rings. The van der Waals surface area contributed by atoms with E-state index in [2.05, 4.69) is 18.6 Å². The standard InChI is InChI=1S/C19H25F5O3/c1-7-8(2)11-5-10(7)14-9-3-12(15(11)14)13(4-9)16(25)6-27-18(26,17(16,20)21)19(22,23)24/h7-15,25-26H,3-6H2,1-2H3. The topological polar surface area (TPSA) is 49.7 Å². The first kappa shape index (κ1) is 18.6. The highest BCUT2D eigenvalue weighted by Gasteiger charge is 2.85. The van der Waals surface area contributed by atoms with Gasteiger partial charge in [0.05, 0.1) is 6.61 Å². The van der Waals surface area contributed by atoms with Gasteiger partial charge in [-0.3, -0.25) is 0 Å². The van der Waals surface area contributed by atoms with E-state index in [-0.39, 0.29) is 17.8 Å². The van der Waals surface area contributed by atoms with Crippen LogP contribution >= 0.6 is 0 Å². The van der Waals surface area contributed by atoms with Crippen molar-refractivity contribution in [1.82, 2.24) is 0 Å². The highest BCUT2D eigenvalue weighted by Crippen LogP contribution is 2.73. The van der Waals surface area contributed by atoms with Gasteiger partial charge in [0.2, 0.25) is 0 Å². The van der Waals surface area contributed by atoms with Crippen molar-refractivity contribution >= 4 is 0 Å². The van der Waals surface area contributed by atoms with Crippen LogP contribution in [0.5, 0.6) is 0 Å². The Morgan fingerprint density at radius 2 is 1.48 bits per heavy atom. The molecule has 11 unspecified atom stereocenters. The fourth-order valence-electron chi connectivity index (χ4n) is 8.07. The van der Waals surface area contributed by atoms with Crippen LogP contribution in [0.25, 0.3) is 0 Å². The first-order chi connectivity index (χ1) is 12.3. The molecule has 4 aliphatic carbocycles. The fraction of sp³-hybridized carbons (Fsp3) is 1.00. The average molecular weight is 396 g/mol. The zero-order valence-electron chi connectivity index (χ0n) is 15.2. The van der Waals surface area contributed by atoms with E-state index in [1.54, 1.807) is 0 Å². The van der Waals surface area contributed by atoms with Crippen LogP contribution in [0.15, 0.2) is 0 Å². The maximum absolute atomic E-state index is 14.8. The molecule has 1 saturated heterocycles. The summed E-state index contributed by atoms with van der Waals surface area (Å²) in [5.74, 6) is -7.80. The number of hydrogen-bond acceptors (Lipinski definition) is 3. The minimum absolute atomic E-state index is 0.175. The molecule has 0 aromatic heterocycles. The van der Waals surface area contributed by atoms with Gasteiger partial charge in [-0.1, -0.05) is 13.8 Å². The van der Waals surface area contributed by atoms with E-state index >= 15 is 0 Å². The Hall–Kier alpha value is -0.470. The largest absolute Gasteiger partial charge is 0.449 e. The van der Waals surface area contributed by atoms with Crippen LogP contribution in [0.2, 0.25) is 0 Å². The first-order valence-electron chi connectivity index (χ1n) is 9.88. The van der Waals surface area contributed by atoms with Gasteiger partial charge in [-0.15, -0.1) is 0 Å². The van der Waals surface area contributed by atoms with Gasteiger partial charge < -0.3 is 14.9 Å². The van der Waals surface area contributed by atoms with Crippen molar-refractivity contribution in [2.24, 2.45) is 53.3 Å². The molecule has 5 rings (SSSR count). The van der Waals surface area contributed by atoms with Crippen molar-refractivity contribution in [3.05, 3.63) is 0 Å². The normalized spacial score (nSPS) is 61.0. The molecule has 4 bridgehead atoms. The summed E-state index contributed by atoms with van der Waals surface area (Å²) >= 11 is 0. The lowest BCUT2D eigenvalue weighted by Gasteiger charge is -2.48. The van der Waals surface area contributed by atoms with Crippen molar-refractivity contribution in [2.75, 3.05) is 6.61 Å². The monoisotopic (exact) mass is 396 g/mol. The molecule has 27 heavy (non-hydrogen) atoms. The minimum atomic E-state index is -5.68. The molecule has 3 nitrogen and oxygen atoms in total. The molecular weight excluding hydrogens is 371 g/mol. The number of alkyl halides is 5. The minimum Gasteiger partial charge on any atom is -0.381 e. The smallest absolute Gasteiger partial charge is 0.381 e. The van der Waals surface area contributed by atoms with Crippen LogP contribution in [0.4, 0.5) is 22.0 Å². The Kier molecular flexibility index (Phi) is 3.42. The van der Waals surface area contributed by atoms with Crippen molar-refractivity contribution in [1.29, 1.82) is 0 Å². The third-order valence-electron chi connectivity index (χ3n) is 9.31. The molecule has 0 aromatic carbocycles. The second-order valence-corrected chi connectivity index (χ2v) is 9.87. The third kappa shape index (κ3) is 1.84. The maximum Gasteiger partial charge on any atom is 0.449 e. The van der Waals surface area contributed by atoms with E-state index in [1.165, 1.54) is 0 Å². The Morgan fingerprint density at radius 1 is 0.889 bits per heavy atom. The van der Waals surface area contributed by atoms with E-state index < -0.39 is 36.0 Å². The van der Waals surface area contributed by atoms with Gasteiger partial charge in [0.15, 0.2) is 5.60 Å². The summed E-state index contributed by atoms with van der Waals surface area (Å²) in [5, 5.41) is 20.4. The van der Waals surface area contributed by atoms with E-state index in [9.17, 15) is 32.2 Å². The number of aliphatic hydroxyl groups is 2. The van der Waals surface area contributed by atoms with E-state index in [0.717, 1.165) is 6.42 Å². The Morgan fingerprint density at radius 3 is 2.04 bits per heavy atom. The van der Waals surface area contributed by atoms with Crippen LogP contribution in [0.1, 0.15) is 33.1 Å². The van der Waals surface area contributed by atoms with E-state index in [4.69, 9.17) is 0 Å². The van der Waals surface area contributed by atoms with Crippen LogP contribution in [-0.2, 0) is 4.74 Å². The van der Waals surface area contributed by atoms with E-state index in [0.29, 0.717) is 42.4 Å². The van der Waals surface area contributed by atoms with Crippen LogP contribution < -0.4 is 0 Å². The summed E-state index contributed by atoms with van der Waals surface area (Å²) in [5.41, 5.74) is -2.99. The van der Waals surface area contributed by atoms with Crippen molar-refractivity contribution < 1.29 is 36.9 Å². The number of rotatable bonds is 1. The molecule has 1 heterocycles. The summed E-state index contributed by atoms with van der Waals surface area (Å²) in [6, 6.07) is 0. The summed E-state index contributed by atoms with van der Waals surface area (Å²) in [6.07, 6.45) is -3.64. The molecule has 0 radical (unpaired) electrons. The van der Waals surface area contributed by atoms with Gasteiger partial charge in [0.25, 0.3) is 0 Å². The zero-order valence-corrected chi connectivity index (χ0v) is 15.2. The van der Waals surface area contributed by atoms with Gasteiger partial charge in [-0.25, -0.2) is 0 Å². The molecule has 2 N–H and O–H groups in total. The molecule has 0 amide bonds. The number of ether oxygens (including phenoxy) is 1. The van der Waals surface area contributed by atoms with Crippen molar-refractivity contribution in [3.63, 3.8) is 0 Å². The Labute approximate surface area is 154 Å². The average Bonchev–Trinajstić information content (AvgIpc) is 3.32. The van der Waals surface area contributed by atoms with Crippen LogP contribution in [0.3, 0.4) is 0 Å². The van der Waals surface area contributed by atoms with Gasteiger partial charge >= 0.3 is 17.9 Å². The molecule has 11 atom stereocenters. The SMILES string of the molecule is CC1C(C)C2CC1C1C3CC(C21)C(C1(O)COC(O)(C(F)(F)F)C1(F)F)C3. The highest BCUT2D eigenvalue weighted by molar-refractivity contribution is 5.21. The van der Waals surface area contributed by atoms with Crippen molar-refractivity contribution in [2.45, 2.75) is 56.6 Å². The zero-order chi connectivity index (χ0) is 19.7. The number of halogens is 5. The number of fused-ring (bicyclic) bond motifs is 9. The van der Waals surface area contributed by atoms with Crippen LogP contribution in [0, 0.1) is 53.3 Å². The third-order valence-corrected chi connectivity index (χ3v) is 9.31. The van der Waals surface area contributed by atoms with Crippen molar-refractivity contribution in [3.8, 4) is 0 Å². The predicted octanol–water partition coefficient (Wildman–Crippen LogP) is 3.44. The quantitative estimate of drug-likeness (QED) is 0.527. The lowest BCUT2D eigenvalue weighted by molar-refractivity contribution is -0.412. The molecular formula is C19H25F5O3.